The molecular formula is C21H20FN7O2. The van der Waals surface area contributed by atoms with Gasteiger partial charge in [-0.25, -0.2) is 14.2 Å². The molecule has 31 heavy (non-hydrogen) atoms. The van der Waals surface area contributed by atoms with Crippen molar-refractivity contribution < 1.29 is 9.50 Å². The zero-order valence-electron chi connectivity index (χ0n) is 16.6. The van der Waals surface area contributed by atoms with Crippen LogP contribution in [0.1, 0.15) is 37.1 Å². The van der Waals surface area contributed by atoms with Crippen LogP contribution in [0, 0.1) is 5.82 Å². The topological polar surface area (TPSA) is 123 Å². The second-order valence-corrected chi connectivity index (χ2v) is 7.60. The molecule has 0 saturated heterocycles. The van der Waals surface area contributed by atoms with E-state index in [1.165, 1.54) is 12.1 Å². The second kappa shape index (κ2) is 7.38. The fraction of sp³-hybridized carbons (Fsp3) is 0.238. The number of H-pyrrole nitrogens is 2. The maximum absolute atomic E-state index is 13.2. The van der Waals surface area contributed by atoms with Gasteiger partial charge in [-0.3, -0.25) is 9.98 Å². The maximum Gasteiger partial charge on any atom is 0.326 e. The van der Waals surface area contributed by atoms with Gasteiger partial charge in [-0.2, -0.15) is 9.61 Å². The maximum atomic E-state index is 13.2. The molecule has 1 aliphatic carbocycles. The fourth-order valence-electron chi connectivity index (χ4n) is 3.33. The van der Waals surface area contributed by atoms with Gasteiger partial charge >= 0.3 is 5.69 Å². The number of fused-ring (bicyclic) bond motifs is 1. The normalized spacial score (nSPS) is 16.2. The number of nitrogens with zero attached hydrogens (tertiary/aromatic N) is 4. The van der Waals surface area contributed by atoms with Crippen LogP contribution in [-0.4, -0.2) is 35.7 Å². The number of hydrogen-bond donors (Lipinski definition) is 4. The Kier molecular flexibility index (Phi) is 4.54. The largest absolute Gasteiger partial charge is 0.493 e. The van der Waals surface area contributed by atoms with Crippen molar-refractivity contribution in [1.82, 2.24) is 24.6 Å². The first-order chi connectivity index (χ1) is 15.0. The first-order valence-electron chi connectivity index (χ1n) is 9.94. The Balaban J connectivity index is 1.61. The summed E-state index contributed by atoms with van der Waals surface area (Å²) in [4.78, 5) is 25.7. The number of halogens is 1. The summed E-state index contributed by atoms with van der Waals surface area (Å²) in [6, 6.07) is 8.28. The molecular weight excluding hydrogens is 401 g/mol. The zero-order valence-corrected chi connectivity index (χ0v) is 16.6. The summed E-state index contributed by atoms with van der Waals surface area (Å²) in [6.07, 6.45) is 5.28. The Morgan fingerprint density at radius 1 is 1.32 bits per heavy atom. The lowest BCUT2D eigenvalue weighted by Gasteiger charge is -2.15. The molecule has 0 radical (unpaired) electrons. The summed E-state index contributed by atoms with van der Waals surface area (Å²) in [7, 11) is 0. The summed E-state index contributed by atoms with van der Waals surface area (Å²) >= 11 is 0. The molecule has 1 fully saturated rings. The molecule has 0 bridgehead atoms. The summed E-state index contributed by atoms with van der Waals surface area (Å²) in [5.74, 6) is 0.0450. The minimum absolute atomic E-state index is 0.121. The Bertz CT molecular complexity index is 1430. The highest BCUT2D eigenvalue weighted by Gasteiger charge is 2.20. The molecule has 10 heteroatoms. The van der Waals surface area contributed by atoms with E-state index in [1.54, 1.807) is 28.9 Å². The average Bonchev–Trinajstić information content (AvgIpc) is 3.37. The summed E-state index contributed by atoms with van der Waals surface area (Å²) in [5.41, 5.74) is 1.83. The number of hydrogen-bond acceptors (Lipinski definition) is 6. The van der Waals surface area contributed by atoms with Crippen LogP contribution in [0.25, 0.3) is 11.7 Å². The molecule has 1 aromatic carbocycles. The van der Waals surface area contributed by atoms with E-state index < -0.39 is 5.69 Å². The number of nitrogens with one attached hydrogen (secondary N) is 3. The van der Waals surface area contributed by atoms with Crippen molar-refractivity contribution in [3.8, 4) is 5.88 Å². The third-order valence-corrected chi connectivity index (χ3v) is 5.11. The highest BCUT2D eigenvalue weighted by molar-refractivity contribution is 5.58. The van der Waals surface area contributed by atoms with E-state index in [4.69, 9.17) is 4.99 Å². The first-order valence-corrected chi connectivity index (χ1v) is 9.94. The third kappa shape index (κ3) is 3.91. The van der Waals surface area contributed by atoms with Gasteiger partial charge < -0.3 is 15.4 Å². The summed E-state index contributed by atoms with van der Waals surface area (Å²) in [6.45, 7) is 1.96. The van der Waals surface area contributed by atoms with Crippen molar-refractivity contribution in [1.29, 1.82) is 0 Å². The highest BCUT2D eigenvalue weighted by atomic mass is 19.1. The molecule has 0 aliphatic heterocycles. The van der Waals surface area contributed by atoms with E-state index in [9.17, 15) is 14.3 Å². The Morgan fingerprint density at radius 2 is 2.10 bits per heavy atom. The standard InChI is InChI=1S/C21H20FN7O2/c1-11(12-2-4-14(22)5-3-12)24-17-9-18(25-15-6-7-15)29-19(27-17)13(10-23-29)8-16-20(30)28-21(31)26-16/h2-5,8-11,15,24,30H,6-7H2,1H3,(H2,26,28,31)/b13-8-,25-18?/t11-/m0/s1. The average molecular weight is 421 g/mol. The van der Waals surface area contributed by atoms with Crippen molar-refractivity contribution in [2.75, 3.05) is 5.32 Å². The highest BCUT2D eigenvalue weighted by Crippen LogP contribution is 2.23. The summed E-state index contributed by atoms with van der Waals surface area (Å²) in [5, 5.41) is 18.2. The van der Waals surface area contributed by atoms with E-state index in [1.807, 2.05) is 13.0 Å². The minimum atomic E-state index is -0.506. The minimum Gasteiger partial charge on any atom is -0.493 e. The van der Waals surface area contributed by atoms with Crippen LogP contribution in [0.5, 0.6) is 5.88 Å². The number of aromatic hydroxyl groups is 1. The Morgan fingerprint density at radius 3 is 2.77 bits per heavy atom. The number of rotatable bonds is 5. The quantitative estimate of drug-likeness (QED) is 0.388. The molecule has 3 heterocycles. The molecule has 9 nitrogen and oxygen atoms in total. The summed E-state index contributed by atoms with van der Waals surface area (Å²) < 4.78 is 14.9. The van der Waals surface area contributed by atoms with E-state index in [0.29, 0.717) is 22.2 Å². The molecule has 4 N–H and O–H groups in total. The molecule has 1 aliphatic rings. The number of anilines is 1. The van der Waals surface area contributed by atoms with Crippen LogP contribution in [-0.2, 0) is 0 Å². The van der Waals surface area contributed by atoms with E-state index >= 15 is 0 Å². The van der Waals surface area contributed by atoms with Gasteiger partial charge in [0, 0.05) is 17.3 Å². The van der Waals surface area contributed by atoms with Gasteiger partial charge in [-0.05, 0) is 43.5 Å². The van der Waals surface area contributed by atoms with Gasteiger partial charge in [0.15, 0.2) is 11.1 Å². The van der Waals surface area contributed by atoms with Crippen molar-refractivity contribution >= 4 is 17.5 Å². The van der Waals surface area contributed by atoms with Crippen LogP contribution >= 0.6 is 0 Å². The van der Waals surface area contributed by atoms with E-state index in [2.05, 4.69) is 25.4 Å². The number of aromatic amines is 2. The molecule has 4 aromatic rings. The molecule has 1 atom stereocenters. The van der Waals surface area contributed by atoms with Crippen LogP contribution in [0.15, 0.2) is 46.3 Å². The second-order valence-electron chi connectivity index (χ2n) is 7.60. The predicted octanol–water partition coefficient (Wildman–Crippen LogP) is 1.37. The van der Waals surface area contributed by atoms with Crippen molar-refractivity contribution in [3.05, 3.63) is 74.8 Å². The van der Waals surface area contributed by atoms with Crippen LogP contribution < -0.4 is 21.7 Å². The van der Waals surface area contributed by atoms with Crippen molar-refractivity contribution in [2.45, 2.75) is 31.8 Å². The van der Waals surface area contributed by atoms with Crippen LogP contribution in [0.2, 0.25) is 0 Å². The lowest BCUT2D eigenvalue weighted by atomic mass is 10.1. The Labute approximate surface area is 175 Å². The molecule has 0 spiro atoms. The molecule has 158 valence electrons. The molecule has 5 rings (SSSR count). The lowest BCUT2D eigenvalue weighted by molar-refractivity contribution is 0.454. The van der Waals surface area contributed by atoms with Gasteiger partial charge in [0.05, 0.1) is 12.2 Å². The lowest BCUT2D eigenvalue weighted by Crippen LogP contribution is -2.21. The van der Waals surface area contributed by atoms with Gasteiger partial charge in [-0.15, -0.1) is 0 Å². The number of aromatic nitrogens is 5. The van der Waals surface area contributed by atoms with Crippen LogP contribution in [0.4, 0.5) is 10.2 Å². The first kappa shape index (κ1) is 19.0. The van der Waals surface area contributed by atoms with Gasteiger partial charge in [0.1, 0.15) is 17.3 Å². The SMILES string of the molecule is C[C@H](Nc1cc(=NC2CC2)n2nc/c(=C/c3[nH]c(=O)[nH]c3O)c2n1)c1ccc(F)cc1. The van der Waals surface area contributed by atoms with E-state index in [0.717, 1.165) is 18.4 Å². The molecule has 3 aromatic heterocycles. The predicted molar refractivity (Wildman–Crippen MR) is 112 cm³/mol. The molecule has 0 unspecified atom stereocenters. The van der Waals surface area contributed by atoms with Crippen molar-refractivity contribution in [2.24, 2.45) is 4.99 Å². The van der Waals surface area contributed by atoms with Gasteiger partial charge in [-0.1, -0.05) is 12.1 Å². The Hall–Kier alpha value is -3.95. The molecule has 1 saturated carbocycles. The van der Waals surface area contributed by atoms with Crippen LogP contribution in [0.3, 0.4) is 0 Å². The monoisotopic (exact) mass is 421 g/mol. The van der Waals surface area contributed by atoms with Gasteiger partial charge in [0.2, 0.25) is 5.88 Å². The molecule has 0 amide bonds. The zero-order chi connectivity index (χ0) is 21.5. The van der Waals surface area contributed by atoms with Gasteiger partial charge in [0.25, 0.3) is 0 Å². The van der Waals surface area contributed by atoms with E-state index in [-0.39, 0.29) is 29.5 Å². The fourth-order valence-corrected chi connectivity index (χ4v) is 3.33. The smallest absolute Gasteiger partial charge is 0.326 e. The number of benzene rings is 1. The third-order valence-electron chi connectivity index (χ3n) is 5.11. The number of imidazole rings is 1. The van der Waals surface area contributed by atoms with Crippen molar-refractivity contribution in [3.63, 3.8) is 0 Å².